The van der Waals surface area contributed by atoms with E-state index in [1.807, 2.05) is 43.3 Å². The molecule has 9 heteroatoms. The second-order valence-corrected chi connectivity index (χ2v) is 9.96. The lowest BCUT2D eigenvalue weighted by molar-refractivity contribution is 0.0734. The van der Waals surface area contributed by atoms with E-state index in [2.05, 4.69) is 6.07 Å². The van der Waals surface area contributed by atoms with Crippen molar-refractivity contribution in [2.24, 2.45) is 5.73 Å². The van der Waals surface area contributed by atoms with Gasteiger partial charge in [0.05, 0.1) is 30.7 Å². The molecule has 0 saturated heterocycles. The number of esters is 1. The second kappa shape index (κ2) is 12.2. The Morgan fingerprint density at radius 3 is 2.38 bits per heavy atom. The lowest BCUT2D eigenvalue weighted by atomic mass is 9.83. The number of nitriles is 1. The molecule has 5 rings (SSSR count). The molecule has 0 radical (unpaired) electrons. The van der Waals surface area contributed by atoms with Gasteiger partial charge in [0.25, 0.3) is 0 Å². The van der Waals surface area contributed by atoms with E-state index in [1.54, 1.807) is 43.5 Å². The molecule has 1 unspecified atom stereocenters. The summed E-state index contributed by atoms with van der Waals surface area (Å²) in [6.45, 7) is 2.40. The van der Waals surface area contributed by atoms with Crippen molar-refractivity contribution in [3.05, 3.63) is 123 Å². The number of nitrogens with two attached hydrogens (primary N) is 1. The lowest BCUT2D eigenvalue weighted by Gasteiger charge is -2.27. The number of allylic oxidation sites excluding steroid dienone is 1. The third-order valence-electron chi connectivity index (χ3n) is 6.82. The van der Waals surface area contributed by atoms with Crippen molar-refractivity contribution in [1.29, 1.82) is 5.26 Å². The molecule has 4 aromatic carbocycles. The minimum Gasteiger partial charge on any atom is -0.495 e. The Hall–Kier alpha value is -5.13. The number of hydrogen-bond acceptors (Lipinski definition) is 8. The predicted molar refractivity (Wildman–Crippen MR) is 157 cm³/mol. The molecule has 0 bridgehead atoms. The van der Waals surface area contributed by atoms with E-state index in [1.165, 1.54) is 18.7 Å². The highest BCUT2D eigenvalue weighted by Gasteiger charge is 2.32. The highest BCUT2D eigenvalue weighted by atomic mass is 35.5. The van der Waals surface area contributed by atoms with Gasteiger partial charge in [-0.1, -0.05) is 53.6 Å². The van der Waals surface area contributed by atoms with Crippen LogP contribution in [0.4, 0.5) is 0 Å². The van der Waals surface area contributed by atoms with Gasteiger partial charge in [-0.2, -0.15) is 5.26 Å². The van der Waals surface area contributed by atoms with Crippen molar-refractivity contribution >= 4 is 17.6 Å². The Balaban J connectivity index is 1.42. The fourth-order valence-electron chi connectivity index (χ4n) is 4.63. The van der Waals surface area contributed by atoms with Crippen molar-refractivity contribution in [3.8, 4) is 34.8 Å². The maximum absolute atomic E-state index is 12.8. The summed E-state index contributed by atoms with van der Waals surface area (Å²) in [6, 6.07) is 25.3. The third-order valence-corrected chi connectivity index (χ3v) is 7.12. The van der Waals surface area contributed by atoms with Crippen LogP contribution in [0.2, 0.25) is 5.02 Å². The smallest absolute Gasteiger partial charge is 0.343 e. The van der Waals surface area contributed by atoms with Gasteiger partial charge in [-0.25, -0.2) is 4.79 Å². The molecule has 0 spiro atoms. The summed E-state index contributed by atoms with van der Waals surface area (Å²) in [4.78, 5) is 12.8. The van der Waals surface area contributed by atoms with Crippen LogP contribution >= 0.6 is 11.6 Å². The average Bonchev–Trinajstić information content (AvgIpc) is 3.00. The van der Waals surface area contributed by atoms with Gasteiger partial charge in [-0.15, -0.1) is 0 Å². The number of carbonyl (C=O) groups is 1. The molecule has 0 amide bonds. The van der Waals surface area contributed by atoms with Gasteiger partial charge in [0, 0.05) is 11.6 Å². The number of nitrogens with zero attached hydrogens (tertiary/aromatic N) is 1. The Bertz CT molecular complexity index is 1730. The zero-order valence-corrected chi connectivity index (χ0v) is 23.9. The van der Waals surface area contributed by atoms with Crippen LogP contribution in [0, 0.1) is 18.3 Å². The molecule has 0 fully saturated rings. The normalized spacial score (nSPS) is 13.8. The van der Waals surface area contributed by atoms with Gasteiger partial charge in [0.2, 0.25) is 5.88 Å². The van der Waals surface area contributed by atoms with Crippen molar-refractivity contribution in [1.82, 2.24) is 0 Å². The van der Waals surface area contributed by atoms with E-state index < -0.39 is 11.9 Å². The topological polar surface area (TPSA) is 113 Å². The van der Waals surface area contributed by atoms with E-state index in [4.69, 9.17) is 41.0 Å². The molecule has 212 valence electrons. The predicted octanol–water partition coefficient (Wildman–Crippen LogP) is 6.68. The summed E-state index contributed by atoms with van der Waals surface area (Å²) < 4.78 is 28.2. The minimum atomic E-state index is -0.612. The number of fused-ring (bicyclic) bond motifs is 1. The zero-order valence-electron chi connectivity index (χ0n) is 23.1. The summed E-state index contributed by atoms with van der Waals surface area (Å²) in [5.74, 6) is 0.891. The Kier molecular flexibility index (Phi) is 8.23. The second-order valence-electron chi connectivity index (χ2n) is 9.55. The third kappa shape index (κ3) is 5.82. The first-order chi connectivity index (χ1) is 20.3. The maximum atomic E-state index is 12.8. The van der Waals surface area contributed by atoms with E-state index in [-0.39, 0.29) is 27.8 Å². The Labute approximate surface area is 248 Å². The standard InChI is InChI=1S/C33H27ClN2O6/c1-19-4-6-20(7-5-19)18-40-28-13-8-21(15-30(28)39-3)31-24-11-10-23(16-29(24)42-32(36)25(31)17-35)41-33(37)22-9-12-27(38-2)26(34)14-22/h4-16,31H,18,36H2,1-3H3. The van der Waals surface area contributed by atoms with Crippen LogP contribution in [0.3, 0.4) is 0 Å². The van der Waals surface area contributed by atoms with Crippen LogP contribution in [0.15, 0.2) is 90.3 Å². The van der Waals surface area contributed by atoms with Crippen molar-refractivity contribution in [3.63, 3.8) is 0 Å². The quantitative estimate of drug-likeness (QED) is 0.181. The summed E-state index contributed by atoms with van der Waals surface area (Å²) in [5.41, 5.74) is 10.3. The van der Waals surface area contributed by atoms with Crippen LogP contribution in [0.25, 0.3) is 0 Å². The highest BCUT2D eigenvalue weighted by Crippen LogP contribution is 2.45. The zero-order chi connectivity index (χ0) is 29.8. The fourth-order valence-corrected chi connectivity index (χ4v) is 4.89. The van der Waals surface area contributed by atoms with Crippen molar-refractivity contribution < 1.29 is 28.5 Å². The van der Waals surface area contributed by atoms with E-state index in [0.29, 0.717) is 35.2 Å². The molecule has 1 heterocycles. The van der Waals surface area contributed by atoms with Crippen LogP contribution in [-0.2, 0) is 6.61 Å². The minimum absolute atomic E-state index is 0.0425. The maximum Gasteiger partial charge on any atom is 0.343 e. The number of benzene rings is 4. The molecular weight excluding hydrogens is 556 g/mol. The summed E-state index contributed by atoms with van der Waals surface area (Å²) in [6.07, 6.45) is 0. The van der Waals surface area contributed by atoms with E-state index >= 15 is 0 Å². The number of methoxy groups -OCH3 is 2. The van der Waals surface area contributed by atoms with Gasteiger partial charge in [-0.3, -0.25) is 0 Å². The molecule has 0 aromatic heterocycles. The molecule has 0 aliphatic carbocycles. The number of ether oxygens (including phenoxy) is 5. The first-order valence-electron chi connectivity index (χ1n) is 12.9. The molecule has 0 saturated carbocycles. The summed E-state index contributed by atoms with van der Waals surface area (Å²) in [5, 5.41) is 10.3. The Morgan fingerprint density at radius 1 is 0.952 bits per heavy atom. The fraction of sp³-hybridized carbons (Fsp3) is 0.152. The first kappa shape index (κ1) is 28.4. The highest BCUT2D eigenvalue weighted by molar-refractivity contribution is 6.32. The molecule has 4 aromatic rings. The number of hydrogen-bond donors (Lipinski definition) is 1. The SMILES string of the molecule is COc1ccc(C(=O)Oc2ccc3c(c2)OC(N)=C(C#N)C3c2ccc(OCc3ccc(C)cc3)c(OC)c2)cc1Cl. The monoisotopic (exact) mass is 582 g/mol. The number of rotatable bonds is 8. The first-order valence-corrected chi connectivity index (χ1v) is 13.3. The van der Waals surface area contributed by atoms with Gasteiger partial charge < -0.3 is 29.4 Å². The van der Waals surface area contributed by atoms with Crippen molar-refractivity contribution in [2.45, 2.75) is 19.4 Å². The largest absolute Gasteiger partial charge is 0.495 e. The number of halogens is 1. The van der Waals surface area contributed by atoms with E-state index in [0.717, 1.165) is 11.1 Å². The number of carbonyl (C=O) groups excluding carboxylic acids is 1. The van der Waals surface area contributed by atoms with Crippen molar-refractivity contribution in [2.75, 3.05) is 14.2 Å². The Morgan fingerprint density at radius 2 is 1.69 bits per heavy atom. The molecule has 1 aliphatic rings. The van der Waals surface area contributed by atoms with Gasteiger partial charge in [-0.05, 0) is 54.4 Å². The molecule has 42 heavy (non-hydrogen) atoms. The molecule has 1 atom stereocenters. The number of aryl methyl sites for hydroxylation is 1. The van der Waals surface area contributed by atoms with Gasteiger partial charge in [0.1, 0.15) is 35.5 Å². The van der Waals surface area contributed by atoms with E-state index in [9.17, 15) is 10.1 Å². The average molecular weight is 583 g/mol. The van der Waals surface area contributed by atoms with Crippen LogP contribution in [0.5, 0.6) is 28.7 Å². The van der Waals surface area contributed by atoms with Crippen LogP contribution < -0.4 is 29.4 Å². The van der Waals surface area contributed by atoms with Gasteiger partial charge in [0.15, 0.2) is 11.5 Å². The van der Waals surface area contributed by atoms with Crippen LogP contribution in [0.1, 0.15) is 38.5 Å². The summed E-state index contributed by atoms with van der Waals surface area (Å²) in [7, 11) is 3.05. The van der Waals surface area contributed by atoms with Crippen LogP contribution in [-0.4, -0.2) is 20.2 Å². The molecule has 2 N–H and O–H groups in total. The molecule has 1 aliphatic heterocycles. The lowest BCUT2D eigenvalue weighted by Crippen LogP contribution is -2.21. The van der Waals surface area contributed by atoms with Gasteiger partial charge >= 0.3 is 5.97 Å². The summed E-state index contributed by atoms with van der Waals surface area (Å²) >= 11 is 6.16. The molecule has 8 nitrogen and oxygen atoms in total. The molecular formula is C33H27ClN2O6.